The van der Waals surface area contributed by atoms with Gasteiger partial charge in [0, 0.05) is 12.5 Å². The number of nitrogen functional groups attached to an aromatic ring is 2. The molecule has 10 atom stereocenters. The van der Waals surface area contributed by atoms with E-state index in [2.05, 4.69) is 29.9 Å². The second-order valence-electron chi connectivity index (χ2n) is 10.9. The maximum atomic E-state index is 13.5. The van der Waals surface area contributed by atoms with Gasteiger partial charge in [-0.1, -0.05) is 6.92 Å². The van der Waals surface area contributed by atoms with Crippen LogP contribution in [0.5, 0.6) is 0 Å². The first-order valence-electron chi connectivity index (χ1n) is 14.2. The van der Waals surface area contributed by atoms with Gasteiger partial charge in [-0.2, -0.15) is 4.98 Å². The highest BCUT2D eigenvalue weighted by Crippen LogP contribution is 2.55. The van der Waals surface area contributed by atoms with Crippen LogP contribution in [-0.4, -0.2) is 99.2 Å². The van der Waals surface area contributed by atoms with Crippen molar-refractivity contribution in [2.45, 2.75) is 56.8 Å². The predicted octanol–water partition coefficient (Wildman–Crippen LogP) is -0.0221. The van der Waals surface area contributed by atoms with E-state index in [1.807, 2.05) is 0 Å². The van der Waals surface area contributed by atoms with Gasteiger partial charge in [-0.25, -0.2) is 29.1 Å². The van der Waals surface area contributed by atoms with Crippen LogP contribution < -0.4 is 17.0 Å². The lowest BCUT2D eigenvalue weighted by atomic mass is 10.0. The van der Waals surface area contributed by atoms with Crippen molar-refractivity contribution >= 4 is 49.7 Å². The molecule has 0 spiro atoms. The lowest BCUT2D eigenvalue weighted by Gasteiger charge is -2.26. The van der Waals surface area contributed by atoms with Gasteiger partial charge in [-0.05, 0) is 6.92 Å². The van der Waals surface area contributed by atoms with Crippen LogP contribution in [0.4, 0.5) is 11.8 Å². The molecule has 0 amide bonds. The minimum atomic E-state index is -4.98. The summed E-state index contributed by atoms with van der Waals surface area (Å²) in [4.78, 5) is 57.1. The number of aromatic amines is 1. The van der Waals surface area contributed by atoms with Crippen LogP contribution >= 0.6 is 15.6 Å². The number of H-pyrrole nitrogens is 1. The predicted molar refractivity (Wildman–Crippen MR) is 156 cm³/mol. The number of hydrogen-bond acceptors (Lipinski definition) is 17. The number of imidazole rings is 2. The van der Waals surface area contributed by atoms with Gasteiger partial charge in [0.15, 0.2) is 28.9 Å². The number of ether oxygens (including phenoxy) is 3. The Hall–Kier alpha value is -3.40. The van der Waals surface area contributed by atoms with Crippen molar-refractivity contribution in [3.8, 4) is 0 Å². The summed E-state index contributed by atoms with van der Waals surface area (Å²) in [6.45, 7) is 2.17. The molecule has 7 rings (SSSR count). The summed E-state index contributed by atoms with van der Waals surface area (Å²) in [6.07, 6.45) is -4.52. The topological polar surface area (TPSA) is 298 Å². The van der Waals surface area contributed by atoms with Crippen molar-refractivity contribution in [1.29, 1.82) is 0 Å². The van der Waals surface area contributed by atoms with Crippen molar-refractivity contribution in [3.05, 3.63) is 29.3 Å². The number of nitrogens with two attached hydrogens (primary N) is 2. The molecule has 0 saturated carbocycles. The monoisotopic (exact) mass is 700 g/mol. The molecule has 0 radical (unpaired) electrons. The molecule has 3 fully saturated rings. The van der Waals surface area contributed by atoms with Crippen LogP contribution in [-0.2, 0) is 41.4 Å². The maximum absolute atomic E-state index is 13.5. The zero-order valence-corrected chi connectivity index (χ0v) is 26.4. The van der Waals surface area contributed by atoms with E-state index in [1.165, 1.54) is 28.1 Å². The Kier molecular flexibility index (Phi) is 8.17. The third-order valence-corrected chi connectivity index (χ3v) is 9.96. The number of aromatic nitrogens is 8. The lowest BCUT2D eigenvalue weighted by Crippen LogP contribution is -2.38. The summed E-state index contributed by atoms with van der Waals surface area (Å²) in [7, 11) is -9.84. The standard InChI is InChI=1S/C23H30N10O12P2/c1-3-39-15-11-5-41-46(35,36)44-14-9(2)21(32-7-28-12-17(24)26-6-27-18(12)32)42-10(14)4-40-47(37,38)45-16(15)22(43-11)33-8-29-13-19(33)30-23(25)31-20(13)34/h6-11,14-16,21-22H,3-5H2,1-2H3,(H,35,36)(H,37,38)(H2,24,26,27)(H3,25,30,31,34)/t9?,10-,11-,14-,15?,16+,21-,22-/m1/s1. The van der Waals surface area contributed by atoms with E-state index in [9.17, 15) is 23.7 Å². The van der Waals surface area contributed by atoms with Crippen LogP contribution in [0, 0.1) is 5.92 Å². The molecule has 4 aromatic rings. The molecular weight excluding hydrogens is 670 g/mol. The number of phosphoric ester groups is 2. The first-order chi connectivity index (χ1) is 22.4. The summed E-state index contributed by atoms with van der Waals surface area (Å²) in [5, 5.41) is 0. The zero-order valence-electron chi connectivity index (χ0n) is 24.6. The van der Waals surface area contributed by atoms with Gasteiger partial charge in [-0.15, -0.1) is 0 Å². The third kappa shape index (κ3) is 5.85. The van der Waals surface area contributed by atoms with Crippen molar-refractivity contribution in [2.75, 3.05) is 31.3 Å². The molecule has 7 heterocycles. The van der Waals surface area contributed by atoms with Crippen molar-refractivity contribution in [1.82, 2.24) is 39.0 Å². The Bertz CT molecular complexity index is 1970. The average molecular weight is 700 g/mol. The fourth-order valence-corrected chi connectivity index (χ4v) is 7.92. The second-order valence-corrected chi connectivity index (χ2v) is 13.7. The Balaban J connectivity index is 1.23. The van der Waals surface area contributed by atoms with Gasteiger partial charge in [-0.3, -0.25) is 37.0 Å². The van der Waals surface area contributed by atoms with Crippen LogP contribution in [0.3, 0.4) is 0 Å². The van der Waals surface area contributed by atoms with E-state index in [0.717, 1.165) is 0 Å². The Labute approximate surface area is 263 Å². The summed E-state index contributed by atoms with van der Waals surface area (Å²) in [5.74, 6) is -0.782. The highest BCUT2D eigenvalue weighted by Gasteiger charge is 2.54. The van der Waals surface area contributed by atoms with Crippen molar-refractivity contribution < 1.29 is 51.2 Å². The van der Waals surface area contributed by atoms with E-state index >= 15 is 0 Å². The largest absolute Gasteiger partial charge is 0.472 e. The summed E-state index contributed by atoms with van der Waals surface area (Å²) >= 11 is 0. The first kappa shape index (κ1) is 32.2. The minimum Gasteiger partial charge on any atom is -0.382 e. The second kappa shape index (κ2) is 11.9. The molecule has 7 N–H and O–H groups in total. The quantitative estimate of drug-likeness (QED) is 0.175. The van der Waals surface area contributed by atoms with Gasteiger partial charge < -0.3 is 35.5 Å². The van der Waals surface area contributed by atoms with Crippen LogP contribution in [0.15, 0.2) is 23.8 Å². The van der Waals surface area contributed by atoms with Gasteiger partial charge in [0.25, 0.3) is 5.56 Å². The third-order valence-electron chi connectivity index (χ3n) is 7.99. The van der Waals surface area contributed by atoms with Gasteiger partial charge >= 0.3 is 15.6 Å². The molecule has 254 valence electrons. The maximum Gasteiger partial charge on any atom is 0.472 e. The molecule has 24 heteroatoms. The van der Waals surface area contributed by atoms with E-state index < -0.39 is 83.3 Å². The fraction of sp³-hybridized carbons (Fsp3) is 0.565. The summed E-state index contributed by atoms with van der Waals surface area (Å²) in [5.41, 5.74) is 11.5. The average Bonchev–Trinajstić information content (AvgIpc) is 3.76. The highest BCUT2D eigenvalue weighted by molar-refractivity contribution is 7.47. The van der Waals surface area contributed by atoms with Gasteiger partial charge in [0.2, 0.25) is 5.95 Å². The number of rotatable bonds is 4. The van der Waals surface area contributed by atoms with Crippen LogP contribution in [0.1, 0.15) is 26.3 Å². The highest BCUT2D eigenvalue weighted by atomic mass is 31.2. The number of phosphoric acid groups is 2. The fourth-order valence-electron chi connectivity index (χ4n) is 5.96. The SMILES string of the molecule is CCOC1[C@H]2COP(=O)(O)O[C@@H]3C(C)[C@H](n4cnc5c(N)ncnc54)O[C@@H]3COP(=O)(O)O[C@@H]1[C@H](n1cnc3c(=O)[nH]c(N)nc31)O2. The molecule has 22 nitrogen and oxygen atoms in total. The first-order valence-corrected chi connectivity index (χ1v) is 17.2. The Morgan fingerprint density at radius 2 is 1.57 bits per heavy atom. The number of hydrogen-bond donors (Lipinski definition) is 5. The lowest BCUT2D eigenvalue weighted by molar-refractivity contribution is -0.0677. The number of anilines is 2. The van der Waals surface area contributed by atoms with E-state index in [0.29, 0.717) is 11.2 Å². The molecule has 3 saturated heterocycles. The van der Waals surface area contributed by atoms with Gasteiger partial charge in [0.1, 0.15) is 48.6 Å². The van der Waals surface area contributed by atoms with Crippen molar-refractivity contribution in [3.63, 3.8) is 0 Å². The van der Waals surface area contributed by atoms with E-state index in [4.69, 9.17) is 43.8 Å². The molecule has 3 aliphatic heterocycles. The zero-order chi connectivity index (χ0) is 33.2. The molecule has 3 aliphatic rings. The van der Waals surface area contributed by atoms with Crippen LogP contribution in [0.25, 0.3) is 22.3 Å². The Morgan fingerprint density at radius 3 is 2.30 bits per heavy atom. The van der Waals surface area contributed by atoms with E-state index in [-0.39, 0.29) is 29.5 Å². The summed E-state index contributed by atoms with van der Waals surface area (Å²) in [6, 6.07) is 0. The number of nitrogens with one attached hydrogen (secondary N) is 1. The van der Waals surface area contributed by atoms with Crippen molar-refractivity contribution in [2.24, 2.45) is 5.92 Å². The summed E-state index contributed by atoms with van der Waals surface area (Å²) < 4.78 is 69.8. The normalized spacial score (nSPS) is 36.6. The molecule has 2 bridgehead atoms. The molecule has 0 aliphatic carbocycles. The molecule has 47 heavy (non-hydrogen) atoms. The minimum absolute atomic E-state index is 0.0334. The molecular formula is C23H30N10O12P2. The molecule has 0 aromatic carbocycles. The number of nitrogens with zero attached hydrogens (tertiary/aromatic N) is 7. The molecule has 4 unspecified atom stereocenters. The Morgan fingerprint density at radius 1 is 0.936 bits per heavy atom. The van der Waals surface area contributed by atoms with Crippen LogP contribution in [0.2, 0.25) is 0 Å². The van der Waals surface area contributed by atoms with Gasteiger partial charge in [0.05, 0.1) is 25.9 Å². The smallest absolute Gasteiger partial charge is 0.382 e. The van der Waals surface area contributed by atoms with E-state index in [1.54, 1.807) is 13.8 Å². The number of fused-ring (bicyclic) bond motifs is 5. The molecule has 4 aromatic heterocycles.